The Kier molecular flexibility index (Phi) is 5.13. The quantitative estimate of drug-likeness (QED) is 0.747. The topological polar surface area (TPSA) is 62.7 Å². The minimum Gasteiger partial charge on any atom is -0.481 e. The van der Waals surface area contributed by atoms with E-state index >= 15 is 0 Å². The Bertz CT molecular complexity index is 863. The van der Waals surface area contributed by atoms with E-state index in [1.807, 2.05) is 18.2 Å². The average Bonchev–Trinajstić information content (AvgIpc) is 2.98. The number of carbonyl (C=O) groups is 2. The molecule has 2 aromatic rings. The highest BCUT2D eigenvalue weighted by Crippen LogP contribution is 2.29. The van der Waals surface area contributed by atoms with Crippen molar-refractivity contribution in [1.82, 2.24) is 14.8 Å². The molecule has 0 spiro atoms. The minimum atomic E-state index is -0.166. The molecule has 2 aliphatic heterocycles. The summed E-state index contributed by atoms with van der Waals surface area (Å²) in [5.41, 5.74) is 2.02. The van der Waals surface area contributed by atoms with Crippen molar-refractivity contribution in [2.75, 3.05) is 26.7 Å². The molecule has 4 rings (SSSR count). The van der Waals surface area contributed by atoms with Gasteiger partial charge in [-0.15, -0.1) is 0 Å². The molecule has 0 bridgehead atoms. The average molecular weight is 379 g/mol. The number of fused-ring (bicyclic) bond motifs is 1. The van der Waals surface area contributed by atoms with Gasteiger partial charge in [0.15, 0.2) is 0 Å². The number of hydrogen-bond donors (Lipinski definition) is 0. The lowest BCUT2D eigenvalue weighted by atomic mass is 9.95. The second kappa shape index (κ2) is 7.72. The predicted octanol–water partition coefficient (Wildman–Crippen LogP) is 3.16. The molecule has 0 radical (unpaired) electrons. The number of carbonyl (C=O) groups excluding carboxylic acids is 2. The Morgan fingerprint density at radius 2 is 1.82 bits per heavy atom. The summed E-state index contributed by atoms with van der Waals surface area (Å²) in [5, 5.41) is 0. The maximum absolute atomic E-state index is 12.7. The van der Waals surface area contributed by atoms with Crippen molar-refractivity contribution in [3.8, 4) is 5.88 Å². The van der Waals surface area contributed by atoms with Gasteiger partial charge in [0.25, 0.3) is 11.8 Å². The molecular weight excluding hydrogens is 354 g/mol. The summed E-state index contributed by atoms with van der Waals surface area (Å²) < 4.78 is 5.25. The van der Waals surface area contributed by atoms with Gasteiger partial charge in [-0.25, -0.2) is 4.98 Å². The number of piperidine rings is 1. The van der Waals surface area contributed by atoms with Crippen LogP contribution in [-0.4, -0.2) is 53.3 Å². The maximum atomic E-state index is 12.7. The lowest BCUT2D eigenvalue weighted by Gasteiger charge is -2.37. The molecule has 0 aliphatic carbocycles. The van der Waals surface area contributed by atoms with E-state index in [4.69, 9.17) is 4.74 Å². The fourth-order valence-electron chi connectivity index (χ4n) is 4.23. The van der Waals surface area contributed by atoms with E-state index in [1.165, 1.54) is 4.90 Å². The fourth-order valence-corrected chi connectivity index (χ4v) is 4.23. The Morgan fingerprint density at radius 1 is 1.11 bits per heavy atom. The summed E-state index contributed by atoms with van der Waals surface area (Å²) in [4.78, 5) is 33.7. The van der Waals surface area contributed by atoms with Crippen LogP contribution in [0.3, 0.4) is 0 Å². The Hall–Kier alpha value is -2.73. The van der Waals surface area contributed by atoms with E-state index in [2.05, 4.69) is 16.8 Å². The zero-order valence-electron chi connectivity index (χ0n) is 16.3. The van der Waals surface area contributed by atoms with Crippen LogP contribution in [0.25, 0.3) is 0 Å². The molecule has 2 aliphatic rings. The van der Waals surface area contributed by atoms with Crippen LogP contribution >= 0.6 is 0 Å². The SMILES string of the molecule is COc1cccc(C(C)N2CCCC(CN3C(=O)c4ccccc4C3=O)C2)n1. The molecule has 2 atom stereocenters. The smallest absolute Gasteiger partial charge is 0.261 e. The van der Waals surface area contributed by atoms with E-state index in [0.717, 1.165) is 31.6 Å². The number of rotatable bonds is 5. The summed E-state index contributed by atoms with van der Waals surface area (Å²) >= 11 is 0. The van der Waals surface area contributed by atoms with Crippen molar-refractivity contribution in [2.45, 2.75) is 25.8 Å². The molecular formula is C22H25N3O3. The number of benzene rings is 1. The molecule has 6 nitrogen and oxygen atoms in total. The standard InChI is InChI=1S/C22H25N3O3/c1-15(19-10-5-11-20(23-19)28-2)24-12-6-7-16(13-24)14-25-21(26)17-8-3-4-9-18(17)22(25)27/h3-5,8-11,15-16H,6-7,12-14H2,1-2H3. The van der Waals surface area contributed by atoms with Crippen molar-refractivity contribution < 1.29 is 14.3 Å². The molecule has 3 heterocycles. The van der Waals surface area contributed by atoms with Gasteiger partial charge in [0, 0.05) is 25.2 Å². The number of pyridine rings is 1. The largest absolute Gasteiger partial charge is 0.481 e. The molecule has 6 heteroatoms. The Morgan fingerprint density at radius 3 is 2.50 bits per heavy atom. The molecule has 1 fully saturated rings. The first-order valence-corrected chi connectivity index (χ1v) is 9.78. The van der Waals surface area contributed by atoms with Crippen LogP contribution in [-0.2, 0) is 0 Å². The number of hydrogen-bond acceptors (Lipinski definition) is 5. The number of aromatic nitrogens is 1. The van der Waals surface area contributed by atoms with Crippen molar-refractivity contribution in [3.05, 3.63) is 59.3 Å². The second-order valence-electron chi connectivity index (χ2n) is 7.55. The van der Waals surface area contributed by atoms with Gasteiger partial charge in [0.1, 0.15) is 0 Å². The summed E-state index contributed by atoms with van der Waals surface area (Å²) in [6, 6.07) is 13.0. The first-order chi connectivity index (χ1) is 13.6. The summed E-state index contributed by atoms with van der Waals surface area (Å²) in [5.74, 6) is 0.549. The van der Waals surface area contributed by atoms with Crippen molar-refractivity contribution in [3.63, 3.8) is 0 Å². The summed E-state index contributed by atoms with van der Waals surface area (Å²) in [6.45, 7) is 4.44. The summed E-state index contributed by atoms with van der Waals surface area (Å²) in [6.07, 6.45) is 2.06. The van der Waals surface area contributed by atoms with Crippen molar-refractivity contribution >= 4 is 11.8 Å². The van der Waals surface area contributed by atoms with Gasteiger partial charge in [-0.2, -0.15) is 0 Å². The molecule has 2 unspecified atom stereocenters. The molecule has 0 N–H and O–H groups in total. The summed E-state index contributed by atoms with van der Waals surface area (Å²) in [7, 11) is 1.62. The van der Waals surface area contributed by atoms with E-state index in [1.54, 1.807) is 31.4 Å². The zero-order chi connectivity index (χ0) is 19.7. The maximum Gasteiger partial charge on any atom is 0.261 e. The lowest BCUT2D eigenvalue weighted by Crippen LogP contribution is -2.43. The van der Waals surface area contributed by atoms with Gasteiger partial charge in [-0.3, -0.25) is 19.4 Å². The number of amides is 2. The van der Waals surface area contributed by atoms with Crippen molar-refractivity contribution in [2.24, 2.45) is 5.92 Å². The number of ether oxygens (including phenoxy) is 1. The van der Waals surface area contributed by atoms with E-state index < -0.39 is 0 Å². The Balaban J connectivity index is 1.44. The van der Waals surface area contributed by atoms with E-state index in [0.29, 0.717) is 23.6 Å². The van der Waals surface area contributed by atoms with Crippen LogP contribution in [0, 0.1) is 5.92 Å². The van der Waals surface area contributed by atoms with Crippen LogP contribution in [0.15, 0.2) is 42.5 Å². The third kappa shape index (κ3) is 3.40. The van der Waals surface area contributed by atoms with Crippen LogP contribution in [0.1, 0.15) is 52.2 Å². The highest BCUT2D eigenvalue weighted by Gasteiger charge is 2.37. The third-order valence-electron chi connectivity index (χ3n) is 5.80. The molecule has 28 heavy (non-hydrogen) atoms. The molecule has 1 aromatic carbocycles. The first-order valence-electron chi connectivity index (χ1n) is 9.78. The molecule has 2 amide bonds. The van der Waals surface area contributed by atoms with Crippen molar-refractivity contribution in [1.29, 1.82) is 0 Å². The molecule has 146 valence electrons. The second-order valence-corrected chi connectivity index (χ2v) is 7.55. The normalized spacial score (nSPS) is 20.9. The number of nitrogens with zero attached hydrogens (tertiary/aromatic N) is 3. The van der Waals surface area contributed by atoms with Crippen LogP contribution in [0.2, 0.25) is 0 Å². The first kappa shape index (κ1) is 18.6. The van der Waals surface area contributed by atoms with Crippen LogP contribution < -0.4 is 4.74 Å². The third-order valence-corrected chi connectivity index (χ3v) is 5.80. The minimum absolute atomic E-state index is 0.153. The van der Waals surface area contributed by atoms with E-state index in [-0.39, 0.29) is 23.8 Å². The zero-order valence-corrected chi connectivity index (χ0v) is 16.3. The van der Waals surface area contributed by atoms with Crippen LogP contribution in [0.4, 0.5) is 0 Å². The molecule has 1 aromatic heterocycles. The van der Waals surface area contributed by atoms with Gasteiger partial charge >= 0.3 is 0 Å². The van der Waals surface area contributed by atoms with Crippen LogP contribution in [0.5, 0.6) is 5.88 Å². The number of likely N-dealkylation sites (tertiary alicyclic amines) is 1. The van der Waals surface area contributed by atoms with E-state index in [9.17, 15) is 9.59 Å². The monoisotopic (exact) mass is 379 g/mol. The predicted molar refractivity (Wildman–Crippen MR) is 105 cm³/mol. The molecule has 0 saturated carbocycles. The van der Waals surface area contributed by atoms with Gasteiger partial charge in [0.2, 0.25) is 5.88 Å². The van der Waals surface area contributed by atoms with Gasteiger partial charge in [0.05, 0.1) is 23.9 Å². The number of imide groups is 1. The highest BCUT2D eigenvalue weighted by molar-refractivity contribution is 6.21. The van der Waals surface area contributed by atoms with Gasteiger partial charge in [-0.1, -0.05) is 18.2 Å². The lowest BCUT2D eigenvalue weighted by molar-refractivity contribution is 0.0565. The highest BCUT2D eigenvalue weighted by atomic mass is 16.5. The molecule has 1 saturated heterocycles. The van der Waals surface area contributed by atoms with Gasteiger partial charge in [-0.05, 0) is 50.4 Å². The number of methoxy groups -OCH3 is 1. The van der Waals surface area contributed by atoms with Gasteiger partial charge < -0.3 is 4.74 Å². The fraction of sp³-hybridized carbons (Fsp3) is 0.409. The Labute approximate surface area is 165 Å².